The maximum absolute atomic E-state index is 12.2. The van der Waals surface area contributed by atoms with Gasteiger partial charge in [0.25, 0.3) is 0 Å². The number of fused-ring (bicyclic) bond motifs is 1. The summed E-state index contributed by atoms with van der Waals surface area (Å²) in [6.45, 7) is 2.72. The average molecular weight is 522 g/mol. The third kappa shape index (κ3) is 5.30. The molecule has 1 aromatic carbocycles. The first-order valence-corrected chi connectivity index (χ1v) is 13.9. The van der Waals surface area contributed by atoms with Gasteiger partial charge in [0, 0.05) is 62.9 Å². The molecule has 1 aliphatic rings. The van der Waals surface area contributed by atoms with Crippen molar-refractivity contribution in [3.63, 3.8) is 0 Å². The Bertz CT molecular complexity index is 1480. The Morgan fingerprint density at radius 2 is 1.95 bits per heavy atom. The lowest BCUT2D eigenvalue weighted by Gasteiger charge is -2.40. The Morgan fingerprint density at radius 1 is 1.14 bits per heavy atom. The van der Waals surface area contributed by atoms with Crippen LogP contribution >= 0.6 is 0 Å². The zero-order valence-electron chi connectivity index (χ0n) is 21.2. The van der Waals surface area contributed by atoms with Crippen molar-refractivity contribution in [3.8, 4) is 0 Å². The van der Waals surface area contributed by atoms with E-state index in [2.05, 4.69) is 43.1 Å². The summed E-state index contributed by atoms with van der Waals surface area (Å²) in [5, 5.41) is 8.74. The van der Waals surface area contributed by atoms with E-state index in [-0.39, 0.29) is 6.23 Å². The third-order valence-electron chi connectivity index (χ3n) is 6.55. The number of methoxy groups -OCH3 is 1. The predicted octanol–water partition coefficient (Wildman–Crippen LogP) is 2.81. The fourth-order valence-electron chi connectivity index (χ4n) is 4.55. The predicted molar refractivity (Wildman–Crippen MR) is 145 cm³/mol. The van der Waals surface area contributed by atoms with Crippen LogP contribution in [0.4, 0.5) is 17.3 Å². The van der Waals surface area contributed by atoms with E-state index < -0.39 is 10.0 Å². The monoisotopic (exact) mass is 521 g/mol. The fourth-order valence-corrected chi connectivity index (χ4v) is 5.03. The highest BCUT2D eigenvalue weighted by Crippen LogP contribution is 2.30. The Morgan fingerprint density at radius 3 is 2.70 bits per heavy atom. The summed E-state index contributed by atoms with van der Waals surface area (Å²) in [5.74, 6) is 1.20. The number of para-hydroxylation sites is 1. The van der Waals surface area contributed by atoms with Crippen molar-refractivity contribution in [1.29, 1.82) is 0 Å². The third-order valence-corrected chi connectivity index (χ3v) is 7.72. The summed E-state index contributed by atoms with van der Waals surface area (Å²) in [6.07, 6.45) is 6.57. The lowest BCUT2D eigenvalue weighted by Crippen LogP contribution is -2.56. The number of piperazine rings is 1. The van der Waals surface area contributed by atoms with Crippen molar-refractivity contribution in [1.82, 2.24) is 24.9 Å². The Kier molecular flexibility index (Phi) is 7.11. The van der Waals surface area contributed by atoms with Crippen molar-refractivity contribution < 1.29 is 13.2 Å². The first-order valence-electron chi connectivity index (χ1n) is 12.0. The van der Waals surface area contributed by atoms with Crippen LogP contribution in [0.1, 0.15) is 5.56 Å². The van der Waals surface area contributed by atoms with Crippen LogP contribution in [0.3, 0.4) is 0 Å². The van der Waals surface area contributed by atoms with E-state index in [0.717, 1.165) is 41.1 Å². The summed E-state index contributed by atoms with van der Waals surface area (Å²) >= 11 is 0. The van der Waals surface area contributed by atoms with Crippen molar-refractivity contribution in [2.75, 3.05) is 49.4 Å². The molecule has 5 rings (SSSR count). The molecule has 0 bridgehead atoms. The lowest BCUT2D eigenvalue weighted by atomic mass is 10.2. The molecule has 0 spiro atoms. The molecule has 10 nitrogen and oxygen atoms in total. The molecule has 1 unspecified atom stereocenters. The van der Waals surface area contributed by atoms with Gasteiger partial charge in [-0.2, -0.15) is 0 Å². The van der Waals surface area contributed by atoms with Gasteiger partial charge in [0.15, 0.2) is 0 Å². The number of nitrogens with one attached hydrogen (secondary N) is 1. The standard InChI is InChI=1S/C26H31N7O3S/c1-30(37(3,34)35)26-21(8-7-12-28-26)18-31-14-11-20-17-29-24(16-23(20)31)33(22-9-5-4-6-10-22)32-15-13-27-25(19-32)36-2/h4-12,14,16-17,25,27H,13,15,18-19H2,1-3H3. The van der Waals surface area contributed by atoms with Crippen LogP contribution in [0.5, 0.6) is 0 Å². The maximum atomic E-state index is 12.2. The molecular formula is C26H31N7O3S. The molecule has 0 saturated carbocycles. The summed E-state index contributed by atoms with van der Waals surface area (Å²) < 4.78 is 33.3. The van der Waals surface area contributed by atoms with Gasteiger partial charge in [-0.3, -0.25) is 14.6 Å². The number of hydrogen-bond donors (Lipinski definition) is 1. The fraction of sp³-hybridized carbons (Fsp3) is 0.308. The molecular weight excluding hydrogens is 490 g/mol. The molecule has 3 aromatic heterocycles. The molecule has 1 aliphatic heterocycles. The van der Waals surface area contributed by atoms with Crippen LogP contribution in [0.25, 0.3) is 10.9 Å². The molecule has 0 amide bonds. The van der Waals surface area contributed by atoms with Gasteiger partial charge in [-0.05, 0) is 24.3 Å². The summed E-state index contributed by atoms with van der Waals surface area (Å²) in [5.41, 5.74) is 2.80. The second kappa shape index (κ2) is 10.5. The Hall–Kier alpha value is -3.51. The van der Waals surface area contributed by atoms with Gasteiger partial charge in [-0.15, -0.1) is 0 Å². The second-order valence-electron chi connectivity index (χ2n) is 9.00. The van der Waals surface area contributed by atoms with Gasteiger partial charge in [0.2, 0.25) is 10.0 Å². The van der Waals surface area contributed by atoms with Crippen molar-refractivity contribution in [2.24, 2.45) is 0 Å². The molecule has 1 fully saturated rings. The molecule has 1 atom stereocenters. The normalized spacial score (nSPS) is 16.7. The quantitative estimate of drug-likeness (QED) is 0.378. The minimum Gasteiger partial charge on any atom is -0.365 e. The van der Waals surface area contributed by atoms with Gasteiger partial charge in [0.05, 0.1) is 30.5 Å². The summed E-state index contributed by atoms with van der Waals surface area (Å²) in [6, 6.07) is 18.0. The molecule has 11 heteroatoms. The molecule has 37 heavy (non-hydrogen) atoms. The number of anilines is 3. The maximum Gasteiger partial charge on any atom is 0.233 e. The van der Waals surface area contributed by atoms with Crippen LogP contribution in [0, 0.1) is 0 Å². The molecule has 1 N–H and O–H groups in total. The zero-order valence-corrected chi connectivity index (χ0v) is 22.0. The van der Waals surface area contributed by atoms with Gasteiger partial charge < -0.3 is 9.30 Å². The van der Waals surface area contributed by atoms with Crippen LogP contribution < -0.4 is 14.6 Å². The zero-order chi connectivity index (χ0) is 26.0. The highest BCUT2D eigenvalue weighted by molar-refractivity contribution is 7.92. The van der Waals surface area contributed by atoms with E-state index in [0.29, 0.717) is 18.9 Å². The molecule has 0 aliphatic carbocycles. The highest BCUT2D eigenvalue weighted by atomic mass is 32.2. The van der Waals surface area contributed by atoms with Crippen molar-refractivity contribution in [3.05, 3.63) is 78.8 Å². The van der Waals surface area contributed by atoms with Gasteiger partial charge >= 0.3 is 0 Å². The van der Waals surface area contributed by atoms with Gasteiger partial charge in [-0.25, -0.2) is 23.4 Å². The molecule has 1 saturated heterocycles. The SMILES string of the molecule is COC1CN(N(c2ccccc2)c2cc3c(ccn3Cc3cccnc3N(C)S(C)(=O)=O)cn2)CCN1. The van der Waals surface area contributed by atoms with E-state index in [1.54, 1.807) is 13.3 Å². The topological polar surface area (TPSA) is 95.8 Å². The number of rotatable bonds is 8. The summed E-state index contributed by atoms with van der Waals surface area (Å²) in [7, 11) is -0.213. The largest absolute Gasteiger partial charge is 0.365 e. The van der Waals surface area contributed by atoms with E-state index in [9.17, 15) is 8.42 Å². The van der Waals surface area contributed by atoms with E-state index in [1.807, 2.05) is 48.8 Å². The van der Waals surface area contributed by atoms with Gasteiger partial charge in [0.1, 0.15) is 17.9 Å². The number of hydrogen-bond acceptors (Lipinski definition) is 8. The second-order valence-corrected chi connectivity index (χ2v) is 11.0. The van der Waals surface area contributed by atoms with E-state index in [1.165, 1.54) is 17.6 Å². The number of nitrogens with zero attached hydrogens (tertiary/aromatic N) is 6. The Labute approximate surface area is 217 Å². The number of hydrazine groups is 1. The lowest BCUT2D eigenvalue weighted by molar-refractivity contribution is 0.0159. The van der Waals surface area contributed by atoms with Crippen LogP contribution in [0.2, 0.25) is 0 Å². The Balaban J connectivity index is 1.54. The minimum absolute atomic E-state index is 0.0802. The van der Waals surface area contributed by atoms with Crippen molar-refractivity contribution >= 4 is 38.2 Å². The first-order chi connectivity index (χ1) is 17.8. The highest BCUT2D eigenvalue weighted by Gasteiger charge is 2.27. The molecule has 0 radical (unpaired) electrons. The molecule has 194 valence electrons. The average Bonchev–Trinajstić information content (AvgIpc) is 3.31. The van der Waals surface area contributed by atoms with Crippen LogP contribution in [0.15, 0.2) is 73.2 Å². The first kappa shape index (κ1) is 25.2. The number of benzene rings is 1. The van der Waals surface area contributed by atoms with Crippen LogP contribution in [-0.4, -0.2) is 74.2 Å². The number of ether oxygens (including phenoxy) is 1. The van der Waals surface area contributed by atoms with Crippen molar-refractivity contribution in [2.45, 2.75) is 12.8 Å². The molecule has 4 aromatic rings. The molecule has 4 heterocycles. The van der Waals surface area contributed by atoms with Crippen LogP contribution in [-0.2, 0) is 21.3 Å². The number of aromatic nitrogens is 3. The number of pyridine rings is 2. The van der Waals surface area contributed by atoms with E-state index >= 15 is 0 Å². The smallest absolute Gasteiger partial charge is 0.233 e. The van der Waals surface area contributed by atoms with Gasteiger partial charge in [-0.1, -0.05) is 24.3 Å². The number of sulfonamides is 1. The summed E-state index contributed by atoms with van der Waals surface area (Å²) in [4.78, 5) is 9.17. The minimum atomic E-state index is -3.44. The van der Waals surface area contributed by atoms with E-state index in [4.69, 9.17) is 9.72 Å².